The fourth-order valence-electron chi connectivity index (χ4n) is 4.40. The van der Waals surface area contributed by atoms with Gasteiger partial charge in [-0.2, -0.15) is 0 Å². The molecule has 0 N–H and O–H groups in total. The zero-order valence-electron chi connectivity index (χ0n) is 15.5. The Morgan fingerprint density at radius 1 is 1.12 bits per heavy atom. The number of carbonyl (C=O) groups excluding carboxylic acids is 2. The number of rotatable bonds is 5. The number of benzene rings is 1. The first-order chi connectivity index (χ1) is 12.1. The zero-order chi connectivity index (χ0) is 17.8. The molecular formula is C21H30N2O2. The third kappa shape index (κ3) is 3.88. The topological polar surface area (TPSA) is 40.6 Å². The number of amides is 2. The molecule has 2 aliphatic heterocycles. The highest BCUT2D eigenvalue weighted by Gasteiger charge is 2.39. The van der Waals surface area contributed by atoms with Crippen LogP contribution in [-0.4, -0.2) is 47.3 Å². The van der Waals surface area contributed by atoms with E-state index in [-0.39, 0.29) is 23.8 Å². The monoisotopic (exact) mass is 342 g/mol. The van der Waals surface area contributed by atoms with Crippen molar-refractivity contribution in [2.75, 3.05) is 19.6 Å². The Balaban J connectivity index is 1.55. The summed E-state index contributed by atoms with van der Waals surface area (Å²) in [5.41, 5.74) is 1.38. The lowest BCUT2D eigenvalue weighted by Gasteiger charge is -2.34. The van der Waals surface area contributed by atoms with Crippen LogP contribution in [0.15, 0.2) is 30.3 Å². The SMILES string of the molecule is CCC(CC)N1CC(C(=O)N2CCC(c3ccccc3)CC2)CC1=O. The van der Waals surface area contributed by atoms with E-state index in [0.717, 1.165) is 38.8 Å². The second-order valence-corrected chi connectivity index (χ2v) is 7.43. The van der Waals surface area contributed by atoms with Crippen molar-refractivity contribution >= 4 is 11.8 Å². The van der Waals surface area contributed by atoms with Gasteiger partial charge < -0.3 is 9.80 Å². The molecule has 0 aliphatic carbocycles. The predicted molar refractivity (Wildman–Crippen MR) is 99.2 cm³/mol. The van der Waals surface area contributed by atoms with Crippen molar-refractivity contribution in [1.82, 2.24) is 9.80 Å². The molecule has 4 heteroatoms. The first kappa shape index (κ1) is 18.0. The lowest BCUT2D eigenvalue weighted by atomic mass is 9.89. The van der Waals surface area contributed by atoms with Crippen LogP contribution < -0.4 is 0 Å². The molecule has 2 amide bonds. The Morgan fingerprint density at radius 2 is 1.76 bits per heavy atom. The van der Waals surface area contributed by atoms with Crippen LogP contribution in [-0.2, 0) is 9.59 Å². The van der Waals surface area contributed by atoms with Crippen molar-refractivity contribution in [1.29, 1.82) is 0 Å². The van der Waals surface area contributed by atoms with Gasteiger partial charge in [0.1, 0.15) is 0 Å². The van der Waals surface area contributed by atoms with Crippen LogP contribution in [0.4, 0.5) is 0 Å². The van der Waals surface area contributed by atoms with Crippen LogP contribution >= 0.6 is 0 Å². The fourth-order valence-corrected chi connectivity index (χ4v) is 4.40. The molecule has 0 radical (unpaired) electrons. The van der Waals surface area contributed by atoms with Crippen molar-refractivity contribution in [3.8, 4) is 0 Å². The van der Waals surface area contributed by atoms with Gasteiger partial charge in [-0.3, -0.25) is 9.59 Å². The summed E-state index contributed by atoms with van der Waals surface area (Å²) < 4.78 is 0. The molecule has 1 unspecified atom stereocenters. The normalized spacial score (nSPS) is 22.0. The first-order valence-corrected chi connectivity index (χ1v) is 9.77. The van der Waals surface area contributed by atoms with E-state index >= 15 is 0 Å². The molecule has 3 rings (SSSR count). The van der Waals surface area contributed by atoms with Crippen LogP contribution in [0.1, 0.15) is 57.4 Å². The largest absolute Gasteiger partial charge is 0.342 e. The van der Waals surface area contributed by atoms with E-state index in [0.29, 0.717) is 18.9 Å². The molecule has 1 aromatic carbocycles. The van der Waals surface area contributed by atoms with Crippen molar-refractivity contribution in [3.63, 3.8) is 0 Å². The van der Waals surface area contributed by atoms with E-state index in [9.17, 15) is 9.59 Å². The van der Waals surface area contributed by atoms with E-state index in [1.807, 2.05) is 15.9 Å². The van der Waals surface area contributed by atoms with E-state index in [2.05, 4.69) is 38.1 Å². The summed E-state index contributed by atoms with van der Waals surface area (Å²) in [7, 11) is 0. The van der Waals surface area contributed by atoms with Crippen molar-refractivity contribution < 1.29 is 9.59 Å². The molecule has 0 aromatic heterocycles. The number of carbonyl (C=O) groups is 2. The minimum absolute atomic E-state index is 0.138. The standard InChI is InChI=1S/C21H30N2O2/c1-3-19(4-2)23-15-18(14-20(23)24)21(25)22-12-10-17(11-13-22)16-8-6-5-7-9-16/h5-9,17-19H,3-4,10-15H2,1-2H3. The van der Waals surface area contributed by atoms with Crippen LogP contribution in [0.2, 0.25) is 0 Å². The van der Waals surface area contributed by atoms with Gasteiger partial charge >= 0.3 is 0 Å². The molecular weight excluding hydrogens is 312 g/mol. The quantitative estimate of drug-likeness (QED) is 0.822. The van der Waals surface area contributed by atoms with Crippen LogP contribution in [0, 0.1) is 5.92 Å². The number of nitrogens with zero attached hydrogens (tertiary/aromatic N) is 2. The third-order valence-electron chi connectivity index (χ3n) is 5.97. The summed E-state index contributed by atoms with van der Waals surface area (Å²) in [5, 5.41) is 0. The minimum atomic E-state index is -0.138. The smallest absolute Gasteiger partial charge is 0.227 e. The number of likely N-dealkylation sites (tertiary alicyclic amines) is 2. The van der Waals surface area contributed by atoms with Gasteiger partial charge in [0.15, 0.2) is 0 Å². The molecule has 25 heavy (non-hydrogen) atoms. The van der Waals surface area contributed by atoms with Gasteiger partial charge in [0.05, 0.1) is 5.92 Å². The lowest BCUT2D eigenvalue weighted by Crippen LogP contribution is -2.42. The summed E-state index contributed by atoms with van der Waals surface area (Å²) in [6.07, 6.45) is 4.37. The van der Waals surface area contributed by atoms with Gasteiger partial charge in [-0.05, 0) is 37.2 Å². The van der Waals surface area contributed by atoms with Gasteiger partial charge in [0.2, 0.25) is 11.8 Å². The highest BCUT2D eigenvalue weighted by molar-refractivity contribution is 5.89. The zero-order valence-corrected chi connectivity index (χ0v) is 15.5. The highest BCUT2D eigenvalue weighted by Crippen LogP contribution is 2.30. The molecule has 2 heterocycles. The molecule has 2 saturated heterocycles. The Labute approximate surface area is 151 Å². The molecule has 1 aromatic rings. The highest BCUT2D eigenvalue weighted by atomic mass is 16.2. The maximum Gasteiger partial charge on any atom is 0.227 e. The van der Waals surface area contributed by atoms with Gasteiger partial charge in [0.25, 0.3) is 0 Å². The lowest BCUT2D eigenvalue weighted by molar-refractivity contribution is -0.136. The summed E-state index contributed by atoms with van der Waals surface area (Å²) in [5.74, 6) is 0.762. The van der Waals surface area contributed by atoms with Gasteiger partial charge in [-0.1, -0.05) is 44.2 Å². The Morgan fingerprint density at radius 3 is 2.36 bits per heavy atom. The van der Waals surface area contributed by atoms with Gasteiger partial charge in [-0.25, -0.2) is 0 Å². The first-order valence-electron chi connectivity index (χ1n) is 9.77. The van der Waals surface area contributed by atoms with Crippen molar-refractivity contribution in [2.24, 2.45) is 5.92 Å². The van der Waals surface area contributed by atoms with Gasteiger partial charge in [0, 0.05) is 32.1 Å². The molecule has 1 atom stereocenters. The fraction of sp³-hybridized carbons (Fsp3) is 0.619. The molecule has 0 bridgehead atoms. The number of hydrogen-bond donors (Lipinski definition) is 0. The molecule has 0 saturated carbocycles. The number of piperidine rings is 1. The molecule has 4 nitrogen and oxygen atoms in total. The summed E-state index contributed by atoms with van der Waals surface area (Å²) in [6.45, 7) is 6.47. The van der Waals surface area contributed by atoms with E-state index in [4.69, 9.17) is 0 Å². The van der Waals surface area contributed by atoms with Crippen molar-refractivity contribution in [2.45, 2.75) is 57.9 Å². The average molecular weight is 342 g/mol. The maximum atomic E-state index is 12.9. The maximum absolute atomic E-state index is 12.9. The summed E-state index contributed by atoms with van der Waals surface area (Å²) in [6, 6.07) is 10.9. The van der Waals surface area contributed by atoms with Crippen LogP contribution in [0.3, 0.4) is 0 Å². The summed E-state index contributed by atoms with van der Waals surface area (Å²) in [4.78, 5) is 29.1. The van der Waals surface area contributed by atoms with E-state index in [1.54, 1.807) is 0 Å². The third-order valence-corrected chi connectivity index (χ3v) is 5.97. The number of hydrogen-bond acceptors (Lipinski definition) is 2. The Hall–Kier alpha value is -1.84. The second kappa shape index (κ2) is 8.03. The van der Waals surface area contributed by atoms with Crippen molar-refractivity contribution in [3.05, 3.63) is 35.9 Å². The van der Waals surface area contributed by atoms with E-state index in [1.165, 1.54) is 5.56 Å². The molecule has 2 fully saturated rings. The van der Waals surface area contributed by atoms with E-state index < -0.39 is 0 Å². The Kier molecular flexibility index (Phi) is 5.77. The Bertz CT molecular complexity index is 589. The van der Waals surface area contributed by atoms with Crippen LogP contribution in [0.25, 0.3) is 0 Å². The molecule has 136 valence electrons. The predicted octanol–water partition coefficient (Wildman–Crippen LogP) is 3.43. The van der Waals surface area contributed by atoms with Gasteiger partial charge in [-0.15, -0.1) is 0 Å². The summed E-state index contributed by atoms with van der Waals surface area (Å²) >= 11 is 0. The average Bonchev–Trinajstić information content (AvgIpc) is 3.05. The van der Waals surface area contributed by atoms with Crippen LogP contribution in [0.5, 0.6) is 0 Å². The molecule has 2 aliphatic rings. The minimum Gasteiger partial charge on any atom is -0.342 e. The second-order valence-electron chi connectivity index (χ2n) is 7.43. The molecule has 0 spiro atoms.